The number of nitrogens with zero attached hydrogens (tertiary/aromatic N) is 2. The van der Waals surface area contributed by atoms with Gasteiger partial charge < -0.3 is 9.15 Å². The van der Waals surface area contributed by atoms with E-state index >= 15 is 0 Å². The lowest BCUT2D eigenvalue weighted by Gasteiger charge is -2.06. The van der Waals surface area contributed by atoms with E-state index in [-0.39, 0.29) is 12.4 Å². The molecule has 0 bridgehead atoms. The van der Waals surface area contributed by atoms with E-state index in [0.717, 1.165) is 24.2 Å². The Bertz CT molecular complexity index is 964. The van der Waals surface area contributed by atoms with E-state index in [2.05, 4.69) is 27.6 Å². The topological polar surface area (TPSA) is 76.7 Å². The molecule has 27 heavy (non-hydrogen) atoms. The summed E-state index contributed by atoms with van der Waals surface area (Å²) in [7, 11) is 0. The Morgan fingerprint density at radius 2 is 2.15 bits per heavy atom. The van der Waals surface area contributed by atoms with Gasteiger partial charge in [0.2, 0.25) is 0 Å². The van der Waals surface area contributed by atoms with Gasteiger partial charge in [0.25, 0.3) is 0 Å². The SMILES string of the molecule is O=C(N/N=C/c1cccnc1)c1ccc(COc2ccc3c(c2)CCC3)o1. The fourth-order valence-corrected chi connectivity index (χ4v) is 3.04. The molecular formula is C21H19N3O3. The van der Waals surface area contributed by atoms with Crippen LogP contribution in [0.3, 0.4) is 0 Å². The highest BCUT2D eigenvalue weighted by molar-refractivity contribution is 5.92. The number of aromatic nitrogens is 1. The van der Waals surface area contributed by atoms with Crippen molar-refractivity contribution in [3.05, 3.63) is 83.1 Å². The predicted octanol–water partition coefficient (Wildman–Crippen LogP) is 3.51. The van der Waals surface area contributed by atoms with E-state index in [4.69, 9.17) is 9.15 Å². The molecular weight excluding hydrogens is 342 g/mol. The van der Waals surface area contributed by atoms with Gasteiger partial charge in [0.15, 0.2) is 5.76 Å². The number of benzene rings is 1. The van der Waals surface area contributed by atoms with Gasteiger partial charge >= 0.3 is 5.91 Å². The number of carbonyl (C=O) groups excluding carboxylic acids is 1. The van der Waals surface area contributed by atoms with Crippen molar-refractivity contribution in [2.75, 3.05) is 0 Å². The highest BCUT2D eigenvalue weighted by Gasteiger charge is 2.13. The minimum absolute atomic E-state index is 0.186. The summed E-state index contributed by atoms with van der Waals surface area (Å²) < 4.78 is 11.3. The molecule has 1 aliphatic carbocycles. The van der Waals surface area contributed by atoms with Crippen molar-refractivity contribution in [2.45, 2.75) is 25.9 Å². The van der Waals surface area contributed by atoms with Gasteiger partial charge in [-0.1, -0.05) is 12.1 Å². The van der Waals surface area contributed by atoms with Crippen molar-refractivity contribution in [1.29, 1.82) is 0 Å². The molecule has 4 rings (SSSR count). The number of fused-ring (bicyclic) bond motifs is 1. The maximum atomic E-state index is 12.1. The Morgan fingerprint density at radius 3 is 3.04 bits per heavy atom. The van der Waals surface area contributed by atoms with Gasteiger partial charge in [-0.05, 0) is 60.7 Å². The van der Waals surface area contributed by atoms with Gasteiger partial charge in [-0.25, -0.2) is 5.43 Å². The third kappa shape index (κ3) is 4.23. The van der Waals surface area contributed by atoms with Crippen LogP contribution in [0.2, 0.25) is 0 Å². The van der Waals surface area contributed by atoms with Crippen LogP contribution in [0.15, 0.2) is 64.4 Å². The predicted molar refractivity (Wildman–Crippen MR) is 101 cm³/mol. The van der Waals surface area contributed by atoms with E-state index in [1.54, 1.807) is 30.6 Å². The van der Waals surface area contributed by atoms with Crippen molar-refractivity contribution in [2.24, 2.45) is 5.10 Å². The Hall–Kier alpha value is -3.41. The highest BCUT2D eigenvalue weighted by atomic mass is 16.5. The summed E-state index contributed by atoms with van der Waals surface area (Å²) in [5, 5.41) is 3.90. The Morgan fingerprint density at radius 1 is 1.22 bits per heavy atom. The molecule has 2 heterocycles. The number of nitrogens with one attached hydrogen (secondary N) is 1. The first kappa shape index (κ1) is 17.0. The molecule has 0 fully saturated rings. The molecule has 3 aromatic rings. The number of amides is 1. The second-order valence-corrected chi connectivity index (χ2v) is 6.32. The summed E-state index contributed by atoms with van der Waals surface area (Å²) in [5.74, 6) is 1.17. The minimum Gasteiger partial charge on any atom is -0.486 e. The van der Waals surface area contributed by atoms with Crippen LogP contribution >= 0.6 is 0 Å². The quantitative estimate of drug-likeness (QED) is 0.538. The van der Waals surface area contributed by atoms with Crippen molar-refractivity contribution in [1.82, 2.24) is 10.4 Å². The first-order valence-electron chi connectivity index (χ1n) is 8.85. The van der Waals surface area contributed by atoms with Gasteiger partial charge in [0, 0.05) is 18.0 Å². The smallest absolute Gasteiger partial charge is 0.307 e. The molecule has 0 radical (unpaired) electrons. The van der Waals surface area contributed by atoms with Crippen LogP contribution in [0.1, 0.15) is 39.4 Å². The second kappa shape index (κ2) is 7.86. The number of aryl methyl sites for hydroxylation is 2. The molecule has 0 saturated heterocycles. The molecule has 1 aliphatic rings. The zero-order valence-corrected chi connectivity index (χ0v) is 14.7. The number of carbonyl (C=O) groups is 1. The average Bonchev–Trinajstić information content (AvgIpc) is 3.36. The van der Waals surface area contributed by atoms with Crippen LogP contribution in [0.4, 0.5) is 0 Å². The number of furan rings is 1. The molecule has 0 spiro atoms. The molecule has 0 aliphatic heterocycles. The number of hydrogen-bond donors (Lipinski definition) is 1. The van der Waals surface area contributed by atoms with Crippen molar-refractivity contribution >= 4 is 12.1 Å². The molecule has 136 valence electrons. The standard InChI is InChI=1S/C21H19N3O3/c25-21(24-23-13-15-3-2-10-22-12-15)20-9-8-19(27-20)14-26-18-7-6-16-4-1-5-17(16)11-18/h2-3,6-13H,1,4-5,14H2,(H,24,25)/b23-13+. The first-order chi connectivity index (χ1) is 13.3. The summed E-state index contributed by atoms with van der Waals surface area (Å²) in [5.41, 5.74) is 5.99. The van der Waals surface area contributed by atoms with Gasteiger partial charge in [-0.15, -0.1) is 0 Å². The fourth-order valence-electron chi connectivity index (χ4n) is 3.04. The Labute approximate surface area is 156 Å². The summed E-state index contributed by atoms with van der Waals surface area (Å²) in [6.45, 7) is 0.269. The summed E-state index contributed by atoms with van der Waals surface area (Å²) in [6, 6.07) is 13.2. The van der Waals surface area contributed by atoms with E-state index in [1.807, 2.05) is 12.1 Å². The summed E-state index contributed by atoms with van der Waals surface area (Å²) in [6.07, 6.45) is 8.30. The number of pyridine rings is 1. The van der Waals surface area contributed by atoms with Crippen molar-refractivity contribution in [3.8, 4) is 5.75 Å². The van der Waals surface area contributed by atoms with Gasteiger partial charge in [-0.2, -0.15) is 5.10 Å². The Kier molecular flexibility index (Phi) is 4.96. The summed E-state index contributed by atoms with van der Waals surface area (Å²) in [4.78, 5) is 16.0. The molecule has 1 N–H and O–H groups in total. The molecule has 0 saturated carbocycles. The van der Waals surface area contributed by atoms with Crippen LogP contribution in [-0.2, 0) is 19.4 Å². The third-order valence-electron chi connectivity index (χ3n) is 4.40. The van der Waals surface area contributed by atoms with Crippen LogP contribution in [0.5, 0.6) is 5.75 Å². The molecule has 0 unspecified atom stereocenters. The fraction of sp³-hybridized carbons (Fsp3) is 0.190. The molecule has 6 heteroatoms. The third-order valence-corrected chi connectivity index (χ3v) is 4.40. The monoisotopic (exact) mass is 361 g/mol. The number of rotatable bonds is 6. The first-order valence-corrected chi connectivity index (χ1v) is 8.85. The van der Waals surface area contributed by atoms with Gasteiger partial charge in [-0.3, -0.25) is 9.78 Å². The number of hydrogen-bond acceptors (Lipinski definition) is 5. The Balaban J connectivity index is 1.31. The largest absolute Gasteiger partial charge is 0.486 e. The number of ether oxygens (including phenoxy) is 1. The van der Waals surface area contributed by atoms with E-state index in [1.165, 1.54) is 23.8 Å². The van der Waals surface area contributed by atoms with E-state index in [0.29, 0.717) is 5.76 Å². The van der Waals surface area contributed by atoms with Crippen LogP contribution in [-0.4, -0.2) is 17.1 Å². The van der Waals surface area contributed by atoms with Crippen molar-refractivity contribution in [3.63, 3.8) is 0 Å². The van der Waals surface area contributed by atoms with Crippen LogP contribution in [0.25, 0.3) is 0 Å². The molecule has 6 nitrogen and oxygen atoms in total. The normalized spacial score (nSPS) is 12.9. The maximum Gasteiger partial charge on any atom is 0.307 e. The number of hydrazone groups is 1. The lowest BCUT2D eigenvalue weighted by molar-refractivity contribution is 0.0923. The molecule has 0 atom stereocenters. The summed E-state index contributed by atoms with van der Waals surface area (Å²) >= 11 is 0. The minimum atomic E-state index is -0.418. The highest BCUT2D eigenvalue weighted by Crippen LogP contribution is 2.26. The van der Waals surface area contributed by atoms with Gasteiger partial charge in [0.1, 0.15) is 18.1 Å². The lowest BCUT2D eigenvalue weighted by atomic mass is 10.1. The van der Waals surface area contributed by atoms with Gasteiger partial charge in [0.05, 0.1) is 6.21 Å². The van der Waals surface area contributed by atoms with Crippen molar-refractivity contribution < 1.29 is 13.9 Å². The zero-order valence-electron chi connectivity index (χ0n) is 14.7. The molecule has 1 amide bonds. The zero-order chi connectivity index (χ0) is 18.5. The lowest BCUT2D eigenvalue weighted by Crippen LogP contribution is -2.16. The molecule has 1 aromatic carbocycles. The average molecular weight is 361 g/mol. The van der Waals surface area contributed by atoms with Crippen LogP contribution < -0.4 is 10.2 Å². The van der Waals surface area contributed by atoms with E-state index < -0.39 is 5.91 Å². The maximum absolute atomic E-state index is 12.1. The van der Waals surface area contributed by atoms with Crippen LogP contribution in [0, 0.1) is 0 Å². The molecule has 2 aromatic heterocycles. The van der Waals surface area contributed by atoms with E-state index in [9.17, 15) is 4.79 Å². The second-order valence-electron chi connectivity index (χ2n) is 6.32.